The normalized spacial score (nSPS) is 16.8. The zero-order valence-electron chi connectivity index (χ0n) is 10.1. The lowest BCUT2D eigenvalue weighted by atomic mass is 10.3. The van der Waals surface area contributed by atoms with Gasteiger partial charge in [-0.05, 0) is 43.4 Å². The van der Waals surface area contributed by atoms with E-state index in [-0.39, 0.29) is 0 Å². The van der Waals surface area contributed by atoms with Gasteiger partial charge in [-0.3, -0.25) is 0 Å². The Hall–Kier alpha value is -0.710. The molecule has 1 atom stereocenters. The predicted molar refractivity (Wildman–Crippen MR) is 70.7 cm³/mol. The molecule has 1 aliphatic rings. The van der Waals surface area contributed by atoms with Crippen molar-refractivity contribution in [1.82, 2.24) is 5.32 Å². The van der Waals surface area contributed by atoms with Crippen LogP contribution in [-0.4, -0.2) is 36.7 Å². The van der Waals surface area contributed by atoms with Crippen LogP contribution in [0.2, 0.25) is 0 Å². The summed E-state index contributed by atoms with van der Waals surface area (Å²) in [6.45, 7) is 0.964. The molecule has 1 saturated carbocycles. The van der Waals surface area contributed by atoms with Crippen molar-refractivity contribution >= 4 is 11.8 Å². The van der Waals surface area contributed by atoms with Crippen molar-refractivity contribution in [2.24, 2.45) is 0 Å². The van der Waals surface area contributed by atoms with Crippen molar-refractivity contribution in [3.8, 4) is 5.75 Å². The zero-order chi connectivity index (χ0) is 12.1. The molecule has 2 rings (SSSR count). The molecule has 0 radical (unpaired) electrons. The summed E-state index contributed by atoms with van der Waals surface area (Å²) in [5.41, 5.74) is 0. The standard InChI is InChI=1S/C13H19NO2S/c1-17-13-6-4-12(5-7-13)16-9-11(15)8-14-10-2-3-10/h4-7,10-11,14-15H,2-3,8-9H2,1H3. The van der Waals surface area contributed by atoms with E-state index in [4.69, 9.17) is 4.74 Å². The summed E-state index contributed by atoms with van der Waals surface area (Å²) in [4.78, 5) is 1.22. The smallest absolute Gasteiger partial charge is 0.119 e. The second kappa shape index (κ2) is 6.28. The molecule has 4 heteroatoms. The summed E-state index contributed by atoms with van der Waals surface area (Å²) >= 11 is 1.71. The van der Waals surface area contributed by atoms with Gasteiger partial charge in [0.1, 0.15) is 18.5 Å². The van der Waals surface area contributed by atoms with Gasteiger partial charge in [0.15, 0.2) is 0 Å². The molecule has 3 nitrogen and oxygen atoms in total. The minimum atomic E-state index is -0.434. The molecule has 0 bridgehead atoms. The molecule has 1 aliphatic carbocycles. The van der Waals surface area contributed by atoms with E-state index in [2.05, 4.69) is 5.32 Å². The van der Waals surface area contributed by atoms with Gasteiger partial charge in [-0.25, -0.2) is 0 Å². The van der Waals surface area contributed by atoms with Gasteiger partial charge in [0.25, 0.3) is 0 Å². The van der Waals surface area contributed by atoms with Crippen molar-refractivity contribution in [2.45, 2.75) is 29.9 Å². The molecule has 94 valence electrons. The van der Waals surface area contributed by atoms with E-state index in [1.165, 1.54) is 17.7 Å². The highest BCUT2D eigenvalue weighted by atomic mass is 32.2. The minimum Gasteiger partial charge on any atom is -0.491 e. The minimum absolute atomic E-state index is 0.346. The Labute approximate surface area is 107 Å². The van der Waals surface area contributed by atoms with Gasteiger partial charge < -0.3 is 15.2 Å². The fourth-order valence-corrected chi connectivity index (χ4v) is 1.92. The monoisotopic (exact) mass is 253 g/mol. The first kappa shape index (κ1) is 12.7. The molecule has 0 amide bonds. The van der Waals surface area contributed by atoms with Gasteiger partial charge in [0.05, 0.1) is 0 Å². The first-order valence-corrected chi connectivity index (χ1v) is 7.18. The zero-order valence-corrected chi connectivity index (χ0v) is 10.9. The Kier molecular flexibility index (Phi) is 4.71. The summed E-state index contributed by atoms with van der Waals surface area (Å²) in [6, 6.07) is 8.55. The Morgan fingerprint density at radius 3 is 2.71 bits per heavy atom. The van der Waals surface area contributed by atoms with Crippen molar-refractivity contribution in [3.05, 3.63) is 24.3 Å². The average molecular weight is 253 g/mol. The second-order valence-corrected chi connectivity index (χ2v) is 5.20. The second-order valence-electron chi connectivity index (χ2n) is 4.32. The Morgan fingerprint density at radius 2 is 2.12 bits per heavy atom. The maximum Gasteiger partial charge on any atom is 0.119 e. The van der Waals surface area contributed by atoms with Gasteiger partial charge >= 0.3 is 0 Å². The van der Waals surface area contributed by atoms with Crippen LogP contribution in [0, 0.1) is 0 Å². The van der Waals surface area contributed by atoms with E-state index in [0.717, 1.165) is 5.75 Å². The summed E-state index contributed by atoms with van der Waals surface area (Å²) in [6.07, 6.45) is 4.09. The molecule has 1 unspecified atom stereocenters. The predicted octanol–water partition coefficient (Wildman–Crippen LogP) is 1.90. The van der Waals surface area contributed by atoms with Crippen LogP contribution in [-0.2, 0) is 0 Å². The number of benzene rings is 1. The molecule has 1 aromatic rings. The Morgan fingerprint density at radius 1 is 1.41 bits per heavy atom. The van der Waals surface area contributed by atoms with Crippen LogP contribution in [0.15, 0.2) is 29.2 Å². The number of rotatable bonds is 7. The molecule has 2 N–H and O–H groups in total. The SMILES string of the molecule is CSc1ccc(OCC(O)CNC2CC2)cc1. The van der Waals surface area contributed by atoms with Gasteiger partial charge in [-0.2, -0.15) is 0 Å². The third-order valence-electron chi connectivity index (χ3n) is 2.72. The number of aliphatic hydroxyl groups is 1. The van der Waals surface area contributed by atoms with Crippen LogP contribution in [0.1, 0.15) is 12.8 Å². The highest BCUT2D eigenvalue weighted by Gasteiger charge is 2.21. The van der Waals surface area contributed by atoms with Crippen molar-refractivity contribution in [1.29, 1.82) is 0 Å². The van der Waals surface area contributed by atoms with Gasteiger partial charge in [-0.1, -0.05) is 0 Å². The summed E-state index contributed by atoms with van der Waals surface area (Å²) < 4.78 is 5.52. The van der Waals surface area contributed by atoms with Gasteiger partial charge in [-0.15, -0.1) is 11.8 Å². The molecule has 1 aromatic carbocycles. The molecular formula is C13H19NO2S. The molecule has 17 heavy (non-hydrogen) atoms. The summed E-state index contributed by atoms with van der Waals surface area (Å²) in [5, 5.41) is 13.0. The first-order valence-electron chi connectivity index (χ1n) is 5.96. The Balaban J connectivity index is 1.68. The summed E-state index contributed by atoms with van der Waals surface area (Å²) in [7, 11) is 0. The number of hydrogen-bond donors (Lipinski definition) is 2. The first-order chi connectivity index (χ1) is 8.28. The van der Waals surface area contributed by atoms with E-state index in [1.54, 1.807) is 11.8 Å². The lowest BCUT2D eigenvalue weighted by Gasteiger charge is -2.13. The fourth-order valence-electron chi connectivity index (χ4n) is 1.51. The molecule has 0 saturated heterocycles. The number of nitrogens with one attached hydrogen (secondary N) is 1. The molecule has 0 aromatic heterocycles. The molecular weight excluding hydrogens is 234 g/mol. The van der Waals surface area contributed by atoms with E-state index in [0.29, 0.717) is 19.2 Å². The van der Waals surface area contributed by atoms with E-state index in [9.17, 15) is 5.11 Å². The number of hydrogen-bond acceptors (Lipinski definition) is 4. The maximum absolute atomic E-state index is 9.70. The lowest BCUT2D eigenvalue weighted by Crippen LogP contribution is -2.32. The van der Waals surface area contributed by atoms with Crippen LogP contribution in [0.25, 0.3) is 0 Å². The van der Waals surface area contributed by atoms with Crippen LogP contribution in [0.5, 0.6) is 5.75 Å². The van der Waals surface area contributed by atoms with E-state index >= 15 is 0 Å². The molecule has 0 aliphatic heterocycles. The molecule has 1 fully saturated rings. The van der Waals surface area contributed by atoms with Crippen molar-refractivity contribution in [2.75, 3.05) is 19.4 Å². The van der Waals surface area contributed by atoms with Gasteiger partial charge in [0, 0.05) is 17.5 Å². The third-order valence-corrected chi connectivity index (χ3v) is 3.46. The number of thioether (sulfide) groups is 1. The quantitative estimate of drug-likeness (QED) is 0.728. The third kappa shape index (κ3) is 4.58. The fraction of sp³-hybridized carbons (Fsp3) is 0.538. The topological polar surface area (TPSA) is 41.5 Å². The van der Waals surface area contributed by atoms with Crippen LogP contribution >= 0.6 is 11.8 Å². The largest absolute Gasteiger partial charge is 0.491 e. The van der Waals surface area contributed by atoms with Crippen LogP contribution in [0.3, 0.4) is 0 Å². The maximum atomic E-state index is 9.70. The van der Waals surface area contributed by atoms with Crippen molar-refractivity contribution in [3.63, 3.8) is 0 Å². The Bertz CT molecular complexity index is 338. The number of aliphatic hydroxyl groups excluding tert-OH is 1. The van der Waals surface area contributed by atoms with E-state index < -0.39 is 6.10 Å². The van der Waals surface area contributed by atoms with Gasteiger partial charge in [0.2, 0.25) is 0 Å². The van der Waals surface area contributed by atoms with Crippen LogP contribution < -0.4 is 10.1 Å². The lowest BCUT2D eigenvalue weighted by molar-refractivity contribution is 0.106. The molecule has 0 spiro atoms. The average Bonchev–Trinajstić information content (AvgIpc) is 3.18. The van der Waals surface area contributed by atoms with E-state index in [1.807, 2.05) is 30.5 Å². The number of ether oxygens (including phenoxy) is 1. The van der Waals surface area contributed by atoms with Crippen LogP contribution in [0.4, 0.5) is 0 Å². The molecule has 0 heterocycles. The van der Waals surface area contributed by atoms with Crippen molar-refractivity contribution < 1.29 is 9.84 Å². The highest BCUT2D eigenvalue weighted by molar-refractivity contribution is 7.98. The highest BCUT2D eigenvalue weighted by Crippen LogP contribution is 2.19. The summed E-state index contributed by atoms with van der Waals surface area (Å²) in [5.74, 6) is 0.813.